The van der Waals surface area contributed by atoms with Crippen molar-refractivity contribution in [1.82, 2.24) is 5.43 Å². The molecule has 13 heavy (non-hydrogen) atoms. The van der Waals surface area contributed by atoms with E-state index in [2.05, 4.69) is 26.3 Å². The van der Waals surface area contributed by atoms with E-state index in [0.29, 0.717) is 4.47 Å². The van der Waals surface area contributed by atoms with Gasteiger partial charge in [-0.25, -0.2) is 15.2 Å². The van der Waals surface area contributed by atoms with E-state index in [4.69, 9.17) is 11.6 Å². The molecule has 0 bridgehead atoms. The normalized spacial score (nSPS) is 11.5. The van der Waals surface area contributed by atoms with Gasteiger partial charge in [-0.05, 0) is 18.2 Å². The maximum atomic E-state index is 13.1. The third-order valence-corrected chi connectivity index (χ3v) is 1.79. The van der Waals surface area contributed by atoms with Gasteiger partial charge in [-0.15, -0.1) is 0 Å². The molecule has 0 aliphatic heterocycles. The van der Waals surface area contributed by atoms with E-state index in [1.165, 1.54) is 12.1 Å². The third-order valence-electron chi connectivity index (χ3n) is 1.30. The molecule has 0 fully saturated rings. The predicted molar refractivity (Wildman–Crippen MR) is 52.7 cm³/mol. The zero-order valence-corrected chi connectivity index (χ0v) is 8.18. The number of nitrogens with zero attached hydrogens (tertiary/aromatic N) is 1. The summed E-state index contributed by atoms with van der Waals surface area (Å²) in [5.74, 6) is 4.46. The molecule has 5 N–H and O–H groups in total. The molecule has 0 aliphatic carbocycles. The van der Waals surface area contributed by atoms with Crippen LogP contribution in [0.15, 0.2) is 27.7 Å². The molecular formula is C7H8BrFN4. The summed E-state index contributed by atoms with van der Waals surface area (Å²) < 4.78 is 13.7. The van der Waals surface area contributed by atoms with Crippen molar-refractivity contribution in [2.24, 2.45) is 16.6 Å². The maximum Gasteiger partial charge on any atom is 0.208 e. The number of hydrogen-bond acceptors (Lipinski definition) is 2. The molecule has 6 heteroatoms. The van der Waals surface area contributed by atoms with Crippen LogP contribution in [0.2, 0.25) is 0 Å². The van der Waals surface area contributed by atoms with Crippen LogP contribution in [0.3, 0.4) is 0 Å². The standard InChI is InChI=1S/C7H8BrFN4/c8-4-1-2-6(5(9)3-4)12-7(10)13-11/h1-3H,11H2,(H3,10,12,13). The van der Waals surface area contributed by atoms with Crippen molar-refractivity contribution in [1.29, 1.82) is 0 Å². The van der Waals surface area contributed by atoms with Crippen LogP contribution in [-0.4, -0.2) is 5.96 Å². The molecular weight excluding hydrogens is 239 g/mol. The average molecular weight is 247 g/mol. The van der Waals surface area contributed by atoms with Gasteiger partial charge in [-0.3, -0.25) is 5.43 Å². The molecule has 0 aromatic heterocycles. The quantitative estimate of drug-likeness (QED) is 0.300. The SMILES string of the molecule is NNC(N)=Nc1ccc(Br)cc1F. The molecule has 0 spiro atoms. The van der Waals surface area contributed by atoms with E-state index >= 15 is 0 Å². The van der Waals surface area contributed by atoms with Crippen LogP contribution in [0.1, 0.15) is 0 Å². The van der Waals surface area contributed by atoms with Gasteiger partial charge in [0.25, 0.3) is 0 Å². The highest BCUT2D eigenvalue weighted by Crippen LogP contribution is 2.21. The predicted octanol–water partition coefficient (Wildman–Crippen LogP) is 0.998. The first-order valence-corrected chi connectivity index (χ1v) is 4.18. The third kappa shape index (κ3) is 2.67. The summed E-state index contributed by atoms with van der Waals surface area (Å²) in [6.07, 6.45) is 0. The highest BCUT2D eigenvalue weighted by molar-refractivity contribution is 9.10. The van der Waals surface area contributed by atoms with Crippen LogP contribution in [0.5, 0.6) is 0 Å². The largest absolute Gasteiger partial charge is 0.369 e. The van der Waals surface area contributed by atoms with Crippen LogP contribution in [0.4, 0.5) is 10.1 Å². The van der Waals surface area contributed by atoms with E-state index < -0.39 is 5.82 Å². The number of benzene rings is 1. The lowest BCUT2D eigenvalue weighted by Crippen LogP contribution is -2.36. The molecule has 0 saturated carbocycles. The second-order valence-corrected chi connectivity index (χ2v) is 3.15. The van der Waals surface area contributed by atoms with Gasteiger partial charge in [0.05, 0.1) is 0 Å². The van der Waals surface area contributed by atoms with Crippen molar-refractivity contribution >= 4 is 27.6 Å². The highest BCUT2D eigenvalue weighted by atomic mass is 79.9. The maximum absolute atomic E-state index is 13.1. The first kappa shape index (κ1) is 9.94. The Morgan fingerprint density at radius 2 is 2.23 bits per heavy atom. The van der Waals surface area contributed by atoms with Gasteiger partial charge in [0.15, 0.2) is 0 Å². The molecule has 1 aromatic rings. The van der Waals surface area contributed by atoms with Crippen molar-refractivity contribution in [2.75, 3.05) is 0 Å². The minimum Gasteiger partial charge on any atom is -0.369 e. The van der Waals surface area contributed by atoms with Crippen LogP contribution in [0.25, 0.3) is 0 Å². The molecule has 4 nitrogen and oxygen atoms in total. The van der Waals surface area contributed by atoms with Gasteiger partial charge >= 0.3 is 0 Å². The van der Waals surface area contributed by atoms with Gasteiger partial charge in [0.2, 0.25) is 5.96 Å². The fraction of sp³-hybridized carbons (Fsp3) is 0. The number of rotatable bonds is 1. The van der Waals surface area contributed by atoms with Crippen molar-refractivity contribution < 1.29 is 4.39 Å². The van der Waals surface area contributed by atoms with Crippen molar-refractivity contribution in [3.8, 4) is 0 Å². The molecule has 70 valence electrons. The smallest absolute Gasteiger partial charge is 0.208 e. The van der Waals surface area contributed by atoms with Crippen molar-refractivity contribution in [3.63, 3.8) is 0 Å². The topological polar surface area (TPSA) is 76.4 Å². The molecule has 0 aliphatic rings. The van der Waals surface area contributed by atoms with Crippen molar-refractivity contribution in [2.45, 2.75) is 0 Å². The minimum atomic E-state index is -0.465. The lowest BCUT2D eigenvalue weighted by atomic mass is 10.3. The van der Waals surface area contributed by atoms with Gasteiger partial charge in [-0.2, -0.15) is 0 Å². The Bertz CT molecular complexity index is 339. The summed E-state index contributed by atoms with van der Waals surface area (Å²) in [6.45, 7) is 0. The summed E-state index contributed by atoms with van der Waals surface area (Å²) in [7, 11) is 0. The number of aliphatic imine (C=N–C) groups is 1. The zero-order valence-electron chi connectivity index (χ0n) is 6.59. The summed E-state index contributed by atoms with van der Waals surface area (Å²) in [5.41, 5.74) is 7.49. The second kappa shape index (κ2) is 4.20. The lowest BCUT2D eigenvalue weighted by molar-refractivity contribution is 0.629. The van der Waals surface area contributed by atoms with Crippen molar-refractivity contribution in [3.05, 3.63) is 28.5 Å². The average Bonchev–Trinajstić information content (AvgIpc) is 2.09. The van der Waals surface area contributed by atoms with E-state index in [0.717, 1.165) is 0 Å². The summed E-state index contributed by atoms with van der Waals surface area (Å²) in [5, 5.41) is 0. The molecule has 0 radical (unpaired) electrons. The van der Waals surface area contributed by atoms with E-state index in [1.54, 1.807) is 6.07 Å². The number of hydrazine groups is 1. The molecule has 1 aromatic carbocycles. The molecule has 0 atom stereocenters. The summed E-state index contributed by atoms with van der Waals surface area (Å²) >= 11 is 3.12. The first-order valence-electron chi connectivity index (χ1n) is 3.39. The van der Waals surface area contributed by atoms with Crippen LogP contribution < -0.4 is 17.0 Å². The Hall–Kier alpha value is -1.14. The van der Waals surface area contributed by atoms with E-state index in [9.17, 15) is 4.39 Å². The Morgan fingerprint density at radius 3 is 2.77 bits per heavy atom. The Kier molecular flexibility index (Phi) is 3.21. The Labute approximate surface area is 82.9 Å². The number of nitrogens with one attached hydrogen (secondary N) is 1. The minimum absolute atomic E-state index is 0.0405. The van der Waals surface area contributed by atoms with Crippen LogP contribution in [-0.2, 0) is 0 Å². The fourth-order valence-corrected chi connectivity index (χ4v) is 1.07. The number of hydrogen-bond donors (Lipinski definition) is 3. The van der Waals surface area contributed by atoms with E-state index in [-0.39, 0.29) is 11.6 Å². The van der Waals surface area contributed by atoms with E-state index in [1.807, 2.05) is 0 Å². The van der Waals surface area contributed by atoms with Gasteiger partial charge in [0, 0.05) is 4.47 Å². The highest BCUT2D eigenvalue weighted by Gasteiger charge is 2.01. The molecule has 0 saturated heterocycles. The van der Waals surface area contributed by atoms with Gasteiger partial charge in [-0.1, -0.05) is 15.9 Å². The van der Waals surface area contributed by atoms with Crippen LogP contribution in [0, 0.1) is 5.82 Å². The number of nitrogens with two attached hydrogens (primary N) is 2. The summed E-state index contributed by atoms with van der Waals surface area (Å²) in [6, 6.07) is 4.44. The number of halogens is 2. The fourth-order valence-electron chi connectivity index (χ4n) is 0.734. The van der Waals surface area contributed by atoms with Gasteiger partial charge < -0.3 is 5.73 Å². The molecule has 0 amide bonds. The second-order valence-electron chi connectivity index (χ2n) is 2.24. The number of guanidine groups is 1. The summed E-state index contributed by atoms with van der Waals surface area (Å²) in [4.78, 5) is 3.68. The lowest BCUT2D eigenvalue weighted by Gasteiger charge is -2.00. The molecule has 0 heterocycles. The molecule has 1 rings (SSSR count). The Morgan fingerprint density at radius 1 is 1.54 bits per heavy atom. The van der Waals surface area contributed by atoms with Gasteiger partial charge in [0.1, 0.15) is 11.5 Å². The first-order chi connectivity index (χ1) is 6.13. The zero-order chi connectivity index (χ0) is 9.84. The Balaban J connectivity index is 3.03. The van der Waals surface area contributed by atoms with Crippen LogP contribution >= 0.6 is 15.9 Å². The molecule has 0 unspecified atom stereocenters. The monoisotopic (exact) mass is 246 g/mol.